The molecule has 0 heterocycles. The average Bonchev–Trinajstić information content (AvgIpc) is 2.53. The number of benzene rings is 2. The van der Waals surface area contributed by atoms with E-state index in [1.54, 1.807) is 18.2 Å². The van der Waals surface area contributed by atoms with Crippen molar-refractivity contribution in [1.82, 2.24) is 0 Å². The number of carbonyl (C=O) groups is 1. The molecule has 4 nitrogen and oxygen atoms in total. The second-order valence-electron chi connectivity index (χ2n) is 4.56. The molecule has 0 bridgehead atoms. The van der Waals surface area contributed by atoms with Crippen molar-refractivity contribution in [2.45, 2.75) is 13.5 Å². The molecule has 22 heavy (non-hydrogen) atoms. The number of aliphatic carboxylic acids is 1. The maximum atomic E-state index is 10.6. The molecule has 2 aromatic rings. The van der Waals surface area contributed by atoms with E-state index in [1.807, 2.05) is 37.3 Å². The largest absolute Gasteiger partial charge is 0.545 e. The summed E-state index contributed by atoms with van der Waals surface area (Å²) in [6.07, 6.45) is 2.41. The summed E-state index contributed by atoms with van der Waals surface area (Å²) in [6, 6.07) is 15.1. The molecule has 0 N–H and O–H groups in total. The molecular formula is C18H17O4-. The molecule has 0 fully saturated rings. The first-order valence-corrected chi connectivity index (χ1v) is 7.01. The molecule has 0 aliphatic rings. The predicted molar refractivity (Wildman–Crippen MR) is 82.4 cm³/mol. The highest BCUT2D eigenvalue weighted by Crippen LogP contribution is 2.26. The summed E-state index contributed by atoms with van der Waals surface area (Å²) in [7, 11) is 0. The molecule has 4 heteroatoms. The van der Waals surface area contributed by atoms with E-state index in [0.29, 0.717) is 30.3 Å². The molecule has 0 aliphatic carbocycles. The number of hydrogen-bond donors (Lipinski definition) is 0. The standard InChI is InChI=1S/C18H18O4/c1-2-21-17-10-9-16(12-15(17)8-11-18(19)20)22-13-14-6-4-3-5-7-14/h3-12H,2,13H2,1H3,(H,19,20)/p-1/b11-8+. The molecule has 0 aromatic heterocycles. The van der Waals surface area contributed by atoms with Crippen LogP contribution in [0.15, 0.2) is 54.6 Å². The Morgan fingerprint density at radius 1 is 1.14 bits per heavy atom. The van der Waals surface area contributed by atoms with E-state index in [0.717, 1.165) is 11.6 Å². The molecule has 0 amide bonds. The molecule has 114 valence electrons. The lowest BCUT2D eigenvalue weighted by molar-refractivity contribution is -0.297. The lowest BCUT2D eigenvalue weighted by Crippen LogP contribution is -2.18. The lowest BCUT2D eigenvalue weighted by Gasteiger charge is -2.11. The summed E-state index contributed by atoms with van der Waals surface area (Å²) >= 11 is 0. The van der Waals surface area contributed by atoms with Crippen LogP contribution in [0.3, 0.4) is 0 Å². The highest BCUT2D eigenvalue weighted by atomic mass is 16.5. The summed E-state index contributed by atoms with van der Waals surface area (Å²) in [5.41, 5.74) is 1.69. The Morgan fingerprint density at radius 2 is 1.91 bits per heavy atom. The Kier molecular flexibility index (Phi) is 5.60. The maximum Gasteiger partial charge on any atom is 0.126 e. The third kappa shape index (κ3) is 4.66. The fourth-order valence-corrected chi connectivity index (χ4v) is 1.93. The topological polar surface area (TPSA) is 58.6 Å². The van der Waals surface area contributed by atoms with Gasteiger partial charge in [-0.2, -0.15) is 0 Å². The fraction of sp³-hybridized carbons (Fsp3) is 0.167. The van der Waals surface area contributed by atoms with Gasteiger partial charge in [0.05, 0.1) is 12.6 Å². The van der Waals surface area contributed by atoms with Crippen LogP contribution in [0.4, 0.5) is 0 Å². The fourth-order valence-electron chi connectivity index (χ4n) is 1.93. The molecule has 0 unspecified atom stereocenters. The zero-order chi connectivity index (χ0) is 15.8. The van der Waals surface area contributed by atoms with Gasteiger partial charge in [-0.25, -0.2) is 0 Å². The van der Waals surface area contributed by atoms with E-state index in [1.165, 1.54) is 6.08 Å². The molecule has 0 saturated carbocycles. The zero-order valence-corrected chi connectivity index (χ0v) is 12.3. The molecule has 2 aromatic carbocycles. The van der Waals surface area contributed by atoms with Crippen molar-refractivity contribution in [2.75, 3.05) is 6.61 Å². The molecule has 0 saturated heterocycles. The number of carbonyl (C=O) groups excluding carboxylic acids is 1. The van der Waals surface area contributed by atoms with Gasteiger partial charge in [-0.15, -0.1) is 0 Å². The van der Waals surface area contributed by atoms with E-state index in [4.69, 9.17) is 9.47 Å². The molecule has 0 spiro atoms. The van der Waals surface area contributed by atoms with Crippen LogP contribution < -0.4 is 14.6 Å². The third-order valence-corrected chi connectivity index (χ3v) is 2.93. The van der Waals surface area contributed by atoms with Gasteiger partial charge in [0.2, 0.25) is 0 Å². The van der Waals surface area contributed by atoms with Crippen molar-refractivity contribution in [2.24, 2.45) is 0 Å². The summed E-state index contributed by atoms with van der Waals surface area (Å²) in [4.78, 5) is 10.6. The van der Waals surface area contributed by atoms with Crippen LogP contribution in [-0.2, 0) is 11.4 Å². The van der Waals surface area contributed by atoms with Crippen molar-refractivity contribution in [3.8, 4) is 11.5 Å². The average molecular weight is 297 g/mol. The van der Waals surface area contributed by atoms with Crippen LogP contribution in [-0.4, -0.2) is 12.6 Å². The van der Waals surface area contributed by atoms with E-state index in [9.17, 15) is 9.90 Å². The molecule has 0 atom stereocenters. The van der Waals surface area contributed by atoms with Gasteiger partial charge in [-0.05, 0) is 42.8 Å². The van der Waals surface area contributed by atoms with Gasteiger partial charge >= 0.3 is 0 Å². The van der Waals surface area contributed by atoms with Crippen LogP contribution >= 0.6 is 0 Å². The quantitative estimate of drug-likeness (QED) is 0.736. The first-order valence-electron chi connectivity index (χ1n) is 7.01. The zero-order valence-electron chi connectivity index (χ0n) is 12.3. The number of carboxylic acid groups (broad SMARTS) is 1. The minimum absolute atomic E-state index is 0.443. The van der Waals surface area contributed by atoms with E-state index < -0.39 is 5.97 Å². The number of rotatable bonds is 7. The lowest BCUT2D eigenvalue weighted by atomic mass is 10.1. The minimum atomic E-state index is -1.25. The Morgan fingerprint density at radius 3 is 2.59 bits per heavy atom. The summed E-state index contributed by atoms with van der Waals surface area (Å²) in [5, 5.41) is 10.6. The SMILES string of the molecule is CCOc1ccc(OCc2ccccc2)cc1/C=C/C(=O)[O-]. The van der Waals surface area contributed by atoms with Gasteiger partial charge in [-0.1, -0.05) is 30.3 Å². The first-order chi connectivity index (χ1) is 10.7. The maximum absolute atomic E-state index is 10.6. The first kappa shape index (κ1) is 15.6. The third-order valence-electron chi connectivity index (χ3n) is 2.93. The minimum Gasteiger partial charge on any atom is -0.545 e. The second kappa shape index (κ2) is 7.88. The summed E-state index contributed by atoms with van der Waals surface area (Å²) in [6.45, 7) is 2.81. The van der Waals surface area contributed by atoms with Crippen LogP contribution in [0.1, 0.15) is 18.1 Å². The predicted octanol–water partition coefficient (Wildman–Crippen LogP) is 2.43. The molecule has 2 rings (SSSR count). The smallest absolute Gasteiger partial charge is 0.126 e. The van der Waals surface area contributed by atoms with Crippen LogP contribution in [0, 0.1) is 0 Å². The van der Waals surface area contributed by atoms with E-state index >= 15 is 0 Å². The van der Waals surface area contributed by atoms with Crippen molar-refractivity contribution in [1.29, 1.82) is 0 Å². The van der Waals surface area contributed by atoms with E-state index in [-0.39, 0.29) is 0 Å². The Bertz CT molecular complexity index is 647. The Balaban J connectivity index is 2.14. The van der Waals surface area contributed by atoms with Gasteiger partial charge < -0.3 is 19.4 Å². The van der Waals surface area contributed by atoms with E-state index in [2.05, 4.69) is 0 Å². The molecule has 0 radical (unpaired) electrons. The van der Waals surface area contributed by atoms with Crippen molar-refractivity contribution >= 4 is 12.0 Å². The Hall–Kier alpha value is -2.75. The monoisotopic (exact) mass is 297 g/mol. The van der Waals surface area contributed by atoms with Gasteiger partial charge in [-0.3, -0.25) is 0 Å². The van der Waals surface area contributed by atoms with Gasteiger partial charge in [0, 0.05) is 5.56 Å². The number of carboxylic acids is 1. The highest BCUT2D eigenvalue weighted by Gasteiger charge is 2.04. The summed E-state index contributed by atoms with van der Waals surface area (Å²) < 4.78 is 11.2. The number of ether oxygens (including phenoxy) is 2. The molecule has 0 aliphatic heterocycles. The Labute approximate surface area is 129 Å². The van der Waals surface area contributed by atoms with Crippen LogP contribution in [0.5, 0.6) is 11.5 Å². The van der Waals surface area contributed by atoms with Gasteiger partial charge in [0.15, 0.2) is 0 Å². The normalized spacial score (nSPS) is 10.6. The van der Waals surface area contributed by atoms with Crippen LogP contribution in [0.2, 0.25) is 0 Å². The molecular weight excluding hydrogens is 280 g/mol. The second-order valence-corrected chi connectivity index (χ2v) is 4.56. The highest BCUT2D eigenvalue weighted by molar-refractivity contribution is 5.84. The van der Waals surface area contributed by atoms with Crippen molar-refractivity contribution < 1.29 is 19.4 Å². The van der Waals surface area contributed by atoms with Crippen molar-refractivity contribution in [3.05, 3.63) is 65.7 Å². The summed E-state index contributed by atoms with van der Waals surface area (Å²) in [5.74, 6) is -0.00424. The van der Waals surface area contributed by atoms with Crippen molar-refractivity contribution in [3.63, 3.8) is 0 Å². The number of hydrogen-bond acceptors (Lipinski definition) is 4. The van der Waals surface area contributed by atoms with Gasteiger partial charge in [0.25, 0.3) is 0 Å². The van der Waals surface area contributed by atoms with Crippen LogP contribution in [0.25, 0.3) is 6.08 Å². The van der Waals surface area contributed by atoms with Gasteiger partial charge in [0.1, 0.15) is 18.1 Å².